The molecule has 2 heteroatoms. The molecule has 0 N–H and O–H groups in total. The molecular formula is C4H9IO. The Hall–Kier alpha value is 0.690. The molecule has 0 aliphatic rings. The summed E-state index contributed by atoms with van der Waals surface area (Å²) in [5.41, 5.74) is 0. The largest absolute Gasteiger partial charge is 0.384 e. The number of hydrogen-bond acceptors (Lipinski definition) is 1. The first-order valence-electron chi connectivity index (χ1n) is 1.90. The molecule has 0 bridgehead atoms. The molecule has 0 fully saturated rings. The minimum absolute atomic E-state index is 0.646. The highest BCUT2D eigenvalue weighted by Crippen LogP contribution is 1.95. The van der Waals surface area contributed by atoms with Crippen molar-refractivity contribution in [3.8, 4) is 0 Å². The zero-order valence-electron chi connectivity index (χ0n) is 4.07. The SMILES string of the molecule is COC[C@@H](C)I. The fourth-order valence-electron chi connectivity index (χ4n) is 0.230. The summed E-state index contributed by atoms with van der Waals surface area (Å²) >= 11 is 2.32. The van der Waals surface area contributed by atoms with E-state index in [9.17, 15) is 0 Å². The third kappa shape index (κ3) is 4.69. The van der Waals surface area contributed by atoms with Crippen molar-refractivity contribution in [3.05, 3.63) is 0 Å². The van der Waals surface area contributed by atoms with Crippen LogP contribution < -0.4 is 0 Å². The summed E-state index contributed by atoms with van der Waals surface area (Å²) in [5, 5.41) is 0. The highest BCUT2D eigenvalue weighted by Gasteiger charge is 1.88. The highest BCUT2D eigenvalue weighted by atomic mass is 127. The predicted molar refractivity (Wildman–Crippen MR) is 35.4 cm³/mol. The second-order valence-electron chi connectivity index (χ2n) is 1.24. The second-order valence-corrected chi connectivity index (χ2v) is 3.36. The number of methoxy groups -OCH3 is 1. The Balaban J connectivity index is 2.63. The standard InChI is InChI=1S/C4H9IO/c1-4(5)3-6-2/h4H,3H2,1-2H3/t4-/m1/s1. The molecule has 1 nitrogen and oxygen atoms in total. The number of alkyl halides is 1. The van der Waals surface area contributed by atoms with Crippen molar-refractivity contribution in [2.24, 2.45) is 0 Å². The quantitative estimate of drug-likeness (QED) is 0.484. The lowest BCUT2D eigenvalue weighted by Gasteiger charge is -1.95. The first-order valence-corrected chi connectivity index (χ1v) is 3.15. The zero-order chi connectivity index (χ0) is 4.99. The maximum atomic E-state index is 4.80. The molecule has 0 aromatic rings. The summed E-state index contributed by atoms with van der Waals surface area (Å²) < 4.78 is 5.44. The Morgan fingerprint density at radius 3 is 2.33 bits per heavy atom. The van der Waals surface area contributed by atoms with Crippen molar-refractivity contribution in [1.82, 2.24) is 0 Å². The van der Waals surface area contributed by atoms with Crippen LogP contribution in [-0.4, -0.2) is 17.6 Å². The minimum Gasteiger partial charge on any atom is -0.384 e. The van der Waals surface area contributed by atoms with Crippen molar-refractivity contribution in [1.29, 1.82) is 0 Å². The van der Waals surface area contributed by atoms with Crippen LogP contribution in [0.1, 0.15) is 6.92 Å². The van der Waals surface area contributed by atoms with Crippen molar-refractivity contribution < 1.29 is 4.74 Å². The average Bonchev–Trinajstić information content (AvgIpc) is 1.35. The fourth-order valence-corrected chi connectivity index (χ4v) is 0.589. The van der Waals surface area contributed by atoms with E-state index in [0.29, 0.717) is 3.92 Å². The average molecular weight is 200 g/mol. The molecule has 0 radical (unpaired) electrons. The monoisotopic (exact) mass is 200 g/mol. The third-order valence-corrected chi connectivity index (χ3v) is 0.756. The molecule has 0 heterocycles. The van der Waals surface area contributed by atoms with Crippen LogP contribution in [-0.2, 0) is 4.74 Å². The minimum atomic E-state index is 0.646. The van der Waals surface area contributed by atoms with E-state index in [1.807, 2.05) is 0 Å². The van der Waals surface area contributed by atoms with E-state index in [4.69, 9.17) is 4.74 Å². The van der Waals surface area contributed by atoms with Gasteiger partial charge in [0.1, 0.15) is 0 Å². The van der Waals surface area contributed by atoms with Gasteiger partial charge >= 0.3 is 0 Å². The van der Waals surface area contributed by atoms with Crippen molar-refractivity contribution in [2.45, 2.75) is 10.8 Å². The van der Waals surface area contributed by atoms with Gasteiger partial charge in [-0.05, 0) is 0 Å². The highest BCUT2D eigenvalue weighted by molar-refractivity contribution is 14.1. The van der Waals surface area contributed by atoms with Crippen LogP contribution in [0.2, 0.25) is 0 Å². The van der Waals surface area contributed by atoms with Crippen LogP contribution in [0, 0.1) is 0 Å². The Bertz CT molecular complexity index is 28.7. The van der Waals surface area contributed by atoms with Crippen LogP contribution in [0.15, 0.2) is 0 Å². The Morgan fingerprint density at radius 2 is 2.33 bits per heavy atom. The van der Waals surface area contributed by atoms with E-state index in [-0.39, 0.29) is 0 Å². The summed E-state index contributed by atoms with van der Waals surface area (Å²) in [5.74, 6) is 0. The number of halogens is 1. The zero-order valence-corrected chi connectivity index (χ0v) is 6.23. The van der Waals surface area contributed by atoms with Crippen LogP contribution >= 0.6 is 22.6 Å². The van der Waals surface area contributed by atoms with Crippen LogP contribution in [0.5, 0.6) is 0 Å². The van der Waals surface area contributed by atoms with Gasteiger partial charge in [0, 0.05) is 11.0 Å². The molecule has 0 spiro atoms. The van der Waals surface area contributed by atoms with Gasteiger partial charge in [-0.2, -0.15) is 0 Å². The van der Waals surface area contributed by atoms with Crippen molar-refractivity contribution >= 4 is 22.6 Å². The topological polar surface area (TPSA) is 9.23 Å². The van der Waals surface area contributed by atoms with Gasteiger partial charge in [-0.1, -0.05) is 29.5 Å². The first kappa shape index (κ1) is 6.69. The van der Waals surface area contributed by atoms with Crippen LogP contribution in [0.4, 0.5) is 0 Å². The molecular weight excluding hydrogens is 191 g/mol. The van der Waals surface area contributed by atoms with Crippen LogP contribution in [0.25, 0.3) is 0 Å². The Labute approximate surface area is 52.2 Å². The lowest BCUT2D eigenvalue weighted by atomic mass is 10.5. The molecule has 0 aromatic heterocycles. The van der Waals surface area contributed by atoms with Gasteiger partial charge in [0.05, 0.1) is 6.61 Å². The maximum Gasteiger partial charge on any atom is 0.0577 e. The number of hydrogen-bond donors (Lipinski definition) is 0. The van der Waals surface area contributed by atoms with Gasteiger partial charge in [0.2, 0.25) is 0 Å². The van der Waals surface area contributed by atoms with Crippen molar-refractivity contribution in [2.75, 3.05) is 13.7 Å². The Morgan fingerprint density at radius 1 is 1.83 bits per heavy atom. The second kappa shape index (κ2) is 3.87. The van der Waals surface area contributed by atoms with E-state index in [0.717, 1.165) is 6.61 Å². The fraction of sp³-hybridized carbons (Fsp3) is 1.00. The Kier molecular flexibility index (Phi) is 4.31. The van der Waals surface area contributed by atoms with Gasteiger partial charge in [-0.3, -0.25) is 0 Å². The predicted octanol–water partition coefficient (Wildman–Crippen LogP) is 1.46. The summed E-state index contributed by atoms with van der Waals surface area (Å²) in [6.07, 6.45) is 0. The van der Waals surface area contributed by atoms with Gasteiger partial charge in [-0.15, -0.1) is 0 Å². The molecule has 0 rings (SSSR count). The molecule has 1 atom stereocenters. The molecule has 0 unspecified atom stereocenters. The normalized spacial score (nSPS) is 14.5. The maximum absolute atomic E-state index is 4.80. The molecule has 0 saturated heterocycles. The van der Waals surface area contributed by atoms with Gasteiger partial charge in [-0.25, -0.2) is 0 Å². The summed E-state index contributed by atoms with van der Waals surface area (Å²) in [6, 6.07) is 0. The lowest BCUT2D eigenvalue weighted by Crippen LogP contribution is -1.98. The molecule has 0 aliphatic carbocycles. The number of ether oxygens (including phenoxy) is 1. The van der Waals surface area contributed by atoms with Gasteiger partial charge < -0.3 is 4.74 Å². The molecule has 6 heavy (non-hydrogen) atoms. The molecule has 0 aliphatic heterocycles. The summed E-state index contributed by atoms with van der Waals surface area (Å²) in [6.45, 7) is 2.98. The lowest BCUT2D eigenvalue weighted by molar-refractivity contribution is 0.206. The third-order valence-electron chi connectivity index (χ3n) is 0.396. The van der Waals surface area contributed by atoms with Crippen molar-refractivity contribution in [3.63, 3.8) is 0 Å². The number of rotatable bonds is 2. The smallest absolute Gasteiger partial charge is 0.0577 e. The van der Waals surface area contributed by atoms with E-state index >= 15 is 0 Å². The van der Waals surface area contributed by atoms with Crippen LogP contribution in [0.3, 0.4) is 0 Å². The van der Waals surface area contributed by atoms with E-state index < -0.39 is 0 Å². The van der Waals surface area contributed by atoms with Gasteiger partial charge in [0.25, 0.3) is 0 Å². The van der Waals surface area contributed by atoms with Gasteiger partial charge in [0.15, 0.2) is 0 Å². The van der Waals surface area contributed by atoms with E-state index in [1.54, 1.807) is 7.11 Å². The summed E-state index contributed by atoms with van der Waals surface area (Å²) in [7, 11) is 1.72. The van der Waals surface area contributed by atoms with E-state index in [2.05, 4.69) is 29.5 Å². The van der Waals surface area contributed by atoms with E-state index in [1.165, 1.54) is 0 Å². The summed E-state index contributed by atoms with van der Waals surface area (Å²) in [4.78, 5) is 0. The molecule has 38 valence electrons. The molecule has 0 aromatic carbocycles. The molecule has 0 saturated carbocycles. The molecule has 0 amide bonds. The first-order chi connectivity index (χ1) is 2.77.